The lowest BCUT2D eigenvalue weighted by Crippen LogP contribution is -2.25. The fourth-order valence-electron chi connectivity index (χ4n) is 1.97. The van der Waals surface area contributed by atoms with Gasteiger partial charge >= 0.3 is 0 Å². The Morgan fingerprint density at radius 1 is 1.32 bits per heavy atom. The van der Waals surface area contributed by atoms with Crippen LogP contribution < -0.4 is 10.9 Å². The fourth-order valence-corrected chi connectivity index (χ4v) is 1.97. The maximum Gasteiger partial charge on any atom is 0.293 e. The van der Waals surface area contributed by atoms with Crippen molar-refractivity contribution in [1.82, 2.24) is 9.55 Å². The summed E-state index contributed by atoms with van der Waals surface area (Å²) in [7, 11) is 0. The molecule has 1 aromatic carbocycles. The van der Waals surface area contributed by atoms with E-state index in [0.29, 0.717) is 24.8 Å². The molecule has 1 aromatic heterocycles. The third kappa shape index (κ3) is 3.22. The van der Waals surface area contributed by atoms with Gasteiger partial charge in [0.25, 0.3) is 5.56 Å². The second-order valence-electron chi connectivity index (χ2n) is 4.56. The minimum Gasteiger partial charge on any atom is -0.365 e. The van der Waals surface area contributed by atoms with E-state index in [1.54, 1.807) is 17.0 Å². The molecule has 4 nitrogen and oxygen atoms in total. The summed E-state index contributed by atoms with van der Waals surface area (Å²) >= 11 is 0. The van der Waals surface area contributed by atoms with Crippen molar-refractivity contribution in [2.75, 3.05) is 11.9 Å². The monoisotopic (exact) mass is 257 g/mol. The van der Waals surface area contributed by atoms with E-state index >= 15 is 0 Å². The van der Waals surface area contributed by atoms with Gasteiger partial charge in [-0.2, -0.15) is 0 Å². The molecule has 0 aliphatic rings. The molecule has 4 heteroatoms. The first-order valence-corrected chi connectivity index (χ1v) is 6.56. The molecule has 0 amide bonds. The van der Waals surface area contributed by atoms with Crippen LogP contribution in [0.15, 0.2) is 47.5 Å². The predicted molar refractivity (Wildman–Crippen MR) is 77.5 cm³/mol. The Kier molecular flexibility index (Phi) is 4.34. The molecule has 0 bridgehead atoms. The first-order valence-electron chi connectivity index (χ1n) is 6.56. The van der Waals surface area contributed by atoms with Gasteiger partial charge in [0.05, 0.1) is 0 Å². The van der Waals surface area contributed by atoms with E-state index in [-0.39, 0.29) is 5.56 Å². The molecule has 0 radical (unpaired) electrons. The van der Waals surface area contributed by atoms with Crippen LogP contribution in [0.5, 0.6) is 0 Å². The Balaban J connectivity index is 2.05. The zero-order valence-electron chi connectivity index (χ0n) is 11.3. The molecule has 0 aliphatic carbocycles. The summed E-state index contributed by atoms with van der Waals surface area (Å²) in [6, 6.07) is 10.2. The van der Waals surface area contributed by atoms with E-state index in [9.17, 15) is 4.79 Å². The highest BCUT2D eigenvalue weighted by molar-refractivity contribution is 5.32. The number of aryl methyl sites for hydroxylation is 1. The zero-order valence-corrected chi connectivity index (χ0v) is 11.3. The SMILES string of the molecule is CCn1ccnc(NCC(C)c2ccccc2)c1=O. The molecule has 19 heavy (non-hydrogen) atoms. The number of aromatic nitrogens is 2. The van der Waals surface area contributed by atoms with Crippen molar-refractivity contribution in [1.29, 1.82) is 0 Å². The molecule has 1 unspecified atom stereocenters. The maximum absolute atomic E-state index is 12.0. The largest absolute Gasteiger partial charge is 0.365 e. The van der Waals surface area contributed by atoms with Gasteiger partial charge in [-0.05, 0) is 18.4 Å². The number of hydrogen-bond donors (Lipinski definition) is 1. The Morgan fingerprint density at radius 3 is 2.74 bits per heavy atom. The topological polar surface area (TPSA) is 46.9 Å². The third-order valence-electron chi connectivity index (χ3n) is 3.20. The lowest BCUT2D eigenvalue weighted by atomic mass is 10.0. The van der Waals surface area contributed by atoms with Crippen LogP contribution in [0.25, 0.3) is 0 Å². The quantitative estimate of drug-likeness (QED) is 0.895. The van der Waals surface area contributed by atoms with E-state index in [0.717, 1.165) is 0 Å². The lowest BCUT2D eigenvalue weighted by molar-refractivity contribution is 0.714. The Labute approximate surface area is 113 Å². The van der Waals surface area contributed by atoms with E-state index in [2.05, 4.69) is 29.4 Å². The average Bonchev–Trinajstić information content (AvgIpc) is 2.47. The van der Waals surface area contributed by atoms with Crippen molar-refractivity contribution in [2.45, 2.75) is 26.3 Å². The lowest BCUT2D eigenvalue weighted by Gasteiger charge is -2.13. The molecule has 2 rings (SSSR count). The highest BCUT2D eigenvalue weighted by Crippen LogP contribution is 2.14. The van der Waals surface area contributed by atoms with Crippen LogP contribution in [0.3, 0.4) is 0 Å². The number of nitrogens with one attached hydrogen (secondary N) is 1. The van der Waals surface area contributed by atoms with Crippen LogP contribution in [-0.2, 0) is 6.54 Å². The standard InChI is InChI=1S/C15H19N3O/c1-3-18-10-9-16-14(15(18)19)17-11-12(2)13-7-5-4-6-8-13/h4-10,12H,3,11H2,1-2H3,(H,16,17). The van der Waals surface area contributed by atoms with E-state index in [1.807, 2.05) is 25.1 Å². The van der Waals surface area contributed by atoms with Crippen LogP contribution in [0.2, 0.25) is 0 Å². The Morgan fingerprint density at radius 2 is 2.05 bits per heavy atom. The highest BCUT2D eigenvalue weighted by Gasteiger charge is 2.07. The van der Waals surface area contributed by atoms with Gasteiger partial charge in [-0.15, -0.1) is 0 Å². The van der Waals surface area contributed by atoms with E-state index in [4.69, 9.17) is 0 Å². The number of hydrogen-bond acceptors (Lipinski definition) is 3. The van der Waals surface area contributed by atoms with E-state index < -0.39 is 0 Å². The first-order chi connectivity index (χ1) is 9.22. The highest BCUT2D eigenvalue weighted by atomic mass is 16.1. The number of rotatable bonds is 5. The van der Waals surface area contributed by atoms with Crippen molar-refractivity contribution in [3.8, 4) is 0 Å². The Bertz CT molecular complexity index is 577. The van der Waals surface area contributed by atoms with Gasteiger partial charge in [-0.25, -0.2) is 4.98 Å². The molecule has 1 N–H and O–H groups in total. The molecule has 100 valence electrons. The van der Waals surface area contributed by atoms with Crippen LogP contribution >= 0.6 is 0 Å². The summed E-state index contributed by atoms with van der Waals surface area (Å²) in [5.74, 6) is 0.754. The van der Waals surface area contributed by atoms with Crippen LogP contribution in [0, 0.1) is 0 Å². The van der Waals surface area contributed by atoms with Crippen LogP contribution in [0.1, 0.15) is 25.3 Å². The molecule has 0 spiro atoms. The summed E-state index contributed by atoms with van der Waals surface area (Å²) < 4.78 is 1.64. The summed E-state index contributed by atoms with van der Waals surface area (Å²) in [4.78, 5) is 16.1. The number of benzene rings is 1. The van der Waals surface area contributed by atoms with Gasteiger partial charge in [0.1, 0.15) is 0 Å². The Hall–Kier alpha value is -2.10. The number of anilines is 1. The molecule has 2 aromatic rings. The zero-order chi connectivity index (χ0) is 13.7. The summed E-state index contributed by atoms with van der Waals surface area (Å²) in [6.45, 7) is 5.42. The molecule has 0 aliphatic heterocycles. The summed E-state index contributed by atoms with van der Waals surface area (Å²) in [5, 5.41) is 3.14. The maximum atomic E-state index is 12.0. The molecule has 0 saturated heterocycles. The molecular weight excluding hydrogens is 238 g/mol. The van der Waals surface area contributed by atoms with Crippen molar-refractivity contribution in [3.63, 3.8) is 0 Å². The molecule has 0 saturated carbocycles. The van der Waals surface area contributed by atoms with E-state index in [1.165, 1.54) is 5.56 Å². The summed E-state index contributed by atoms with van der Waals surface area (Å²) in [5.41, 5.74) is 1.19. The fraction of sp³-hybridized carbons (Fsp3) is 0.333. The first kappa shape index (κ1) is 13.3. The van der Waals surface area contributed by atoms with Gasteiger partial charge in [-0.1, -0.05) is 37.3 Å². The second kappa shape index (κ2) is 6.18. The minimum atomic E-state index is -0.0646. The minimum absolute atomic E-state index is 0.0646. The molecule has 1 atom stereocenters. The van der Waals surface area contributed by atoms with Gasteiger partial charge in [0, 0.05) is 25.5 Å². The number of nitrogens with zero attached hydrogens (tertiary/aromatic N) is 2. The van der Waals surface area contributed by atoms with Crippen LogP contribution in [-0.4, -0.2) is 16.1 Å². The van der Waals surface area contributed by atoms with Gasteiger partial charge in [-0.3, -0.25) is 4.79 Å². The predicted octanol–water partition coefficient (Wildman–Crippen LogP) is 2.48. The molecule has 1 heterocycles. The van der Waals surface area contributed by atoms with Gasteiger partial charge < -0.3 is 9.88 Å². The van der Waals surface area contributed by atoms with Gasteiger partial charge in [0.2, 0.25) is 0 Å². The normalized spacial score (nSPS) is 12.1. The van der Waals surface area contributed by atoms with Crippen molar-refractivity contribution < 1.29 is 0 Å². The third-order valence-corrected chi connectivity index (χ3v) is 3.20. The summed E-state index contributed by atoms with van der Waals surface area (Å²) in [6.07, 6.45) is 3.36. The second-order valence-corrected chi connectivity index (χ2v) is 4.56. The molecular formula is C15H19N3O. The van der Waals surface area contributed by atoms with Gasteiger partial charge in [0.15, 0.2) is 5.82 Å². The smallest absolute Gasteiger partial charge is 0.293 e. The van der Waals surface area contributed by atoms with Crippen molar-refractivity contribution >= 4 is 5.82 Å². The average molecular weight is 257 g/mol. The van der Waals surface area contributed by atoms with Crippen molar-refractivity contribution in [2.24, 2.45) is 0 Å². The van der Waals surface area contributed by atoms with Crippen LogP contribution in [0.4, 0.5) is 5.82 Å². The van der Waals surface area contributed by atoms with Crippen molar-refractivity contribution in [3.05, 3.63) is 58.6 Å². The molecule has 0 fully saturated rings.